The van der Waals surface area contributed by atoms with Crippen molar-refractivity contribution in [1.29, 1.82) is 0 Å². The van der Waals surface area contributed by atoms with E-state index in [1.54, 1.807) is 24.3 Å². The maximum absolute atomic E-state index is 12.1. The van der Waals surface area contributed by atoms with Crippen molar-refractivity contribution in [1.82, 2.24) is 9.59 Å². The van der Waals surface area contributed by atoms with E-state index in [-0.39, 0.29) is 5.78 Å². The maximum atomic E-state index is 12.1. The van der Waals surface area contributed by atoms with Crippen molar-refractivity contribution in [3.05, 3.63) is 45.4 Å². The van der Waals surface area contributed by atoms with E-state index in [4.69, 9.17) is 11.6 Å². The highest BCUT2D eigenvalue weighted by Gasteiger charge is 2.16. The molecule has 3 nitrogen and oxygen atoms in total. The lowest BCUT2D eigenvalue weighted by atomic mass is 10.1. The average molecular weight is 253 g/mol. The van der Waals surface area contributed by atoms with Crippen molar-refractivity contribution in [3.8, 4) is 0 Å². The summed E-state index contributed by atoms with van der Waals surface area (Å²) in [6.07, 6.45) is 0.713. The first-order chi connectivity index (χ1) is 7.72. The number of aromatic nitrogens is 2. The van der Waals surface area contributed by atoms with Gasteiger partial charge in [-0.3, -0.25) is 4.79 Å². The molecule has 0 radical (unpaired) electrons. The van der Waals surface area contributed by atoms with Crippen molar-refractivity contribution in [3.63, 3.8) is 0 Å². The van der Waals surface area contributed by atoms with Gasteiger partial charge in [-0.15, -0.1) is 5.10 Å². The Morgan fingerprint density at radius 1 is 1.38 bits per heavy atom. The predicted molar refractivity (Wildman–Crippen MR) is 64.2 cm³/mol. The fourth-order valence-electron chi connectivity index (χ4n) is 1.34. The first-order valence-corrected chi connectivity index (χ1v) is 5.99. The first kappa shape index (κ1) is 11.2. The molecule has 0 spiro atoms. The van der Waals surface area contributed by atoms with Crippen LogP contribution in [0.15, 0.2) is 24.3 Å². The van der Waals surface area contributed by atoms with E-state index in [9.17, 15) is 4.79 Å². The van der Waals surface area contributed by atoms with Gasteiger partial charge in [0.05, 0.1) is 5.69 Å². The van der Waals surface area contributed by atoms with Crippen LogP contribution in [-0.4, -0.2) is 15.4 Å². The minimum absolute atomic E-state index is 0.0384. The molecule has 0 aliphatic heterocycles. The Bertz CT molecular complexity index is 507. The Morgan fingerprint density at radius 3 is 2.69 bits per heavy atom. The quantitative estimate of drug-likeness (QED) is 0.789. The highest BCUT2D eigenvalue weighted by atomic mass is 35.5. The van der Waals surface area contributed by atoms with Gasteiger partial charge in [0.25, 0.3) is 0 Å². The van der Waals surface area contributed by atoms with Gasteiger partial charge < -0.3 is 0 Å². The highest BCUT2D eigenvalue weighted by molar-refractivity contribution is 7.08. The molecule has 0 fully saturated rings. The second kappa shape index (κ2) is 4.72. The van der Waals surface area contributed by atoms with Crippen molar-refractivity contribution >= 4 is 28.9 Å². The van der Waals surface area contributed by atoms with E-state index in [1.165, 1.54) is 0 Å². The monoisotopic (exact) mass is 252 g/mol. The molecule has 2 rings (SSSR count). The lowest BCUT2D eigenvalue weighted by molar-refractivity contribution is 0.104. The zero-order valence-electron chi connectivity index (χ0n) is 8.61. The molecule has 2 aromatic rings. The summed E-state index contributed by atoms with van der Waals surface area (Å²) in [5, 5.41) is 4.54. The SMILES string of the molecule is CCc1nnsc1C(=O)c1ccc(Cl)cc1. The Kier molecular flexibility index (Phi) is 3.31. The fraction of sp³-hybridized carbons (Fsp3) is 0.182. The lowest BCUT2D eigenvalue weighted by Gasteiger charge is -1.99. The van der Waals surface area contributed by atoms with Crippen LogP contribution in [0.3, 0.4) is 0 Å². The summed E-state index contributed by atoms with van der Waals surface area (Å²) in [5.41, 5.74) is 1.37. The zero-order valence-corrected chi connectivity index (χ0v) is 10.2. The molecular formula is C11H9ClN2OS. The second-order valence-electron chi connectivity index (χ2n) is 3.24. The smallest absolute Gasteiger partial charge is 0.206 e. The van der Waals surface area contributed by atoms with Crippen LogP contribution in [0.25, 0.3) is 0 Å². The normalized spacial score (nSPS) is 10.4. The summed E-state index contributed by atoms with van der Waals surface area (Å²) in [6.45, 7) is 1.95. The van der Waals surface area contributed by atoms with Gasteiger partial charge in [0, 0.05) is 10.6 Å². The van der Waals surface area contributed by atoms with Crippen LogP contribution >= 0.6 is 23.1 Å². The van der Waals surface area contributed by atoms with Crippen LogP contribution in [0.2, 0.25) is 5.02 Å². The number of carbonyl (C=O) groups excluding carboxylic acids is 1. The van der Waals surface area contributed by atoms with Gasteiger partial charge in [0.15, 0.2) is 0 Å². The summed E-state index contributed by atoms with van der Waals surface area (Å²) < 4.78 is 3.80. The third kappa shape index (κ3) is 2.13. The molecule has 0 atom stereocenters. The molecule has 0 aliphatic rings. The summed E-state index contributed by atoms with van der Waals surface area (Å²) in [7, 11) is 0. The van der Waals surface area contributed by atoms with Crippen LogP contribution in [-0.2, 0) is 6.42 Å². The summed E-state index contributed by atoms with van der Waals surface area (Å²) in [5.74, 6) is -0.0384. The van der Waals surface area contributed by atoms with Crippen LogP contribution in [0, 0.1) is 0 Å². The molecule has 0 saturated carbocycles. The molecule has 82 valence electrons. The number of rotatable bonds is 3. The van der Waals surface area contributed by atoms with Crippen LogP contribution in [0.5, 0.6) is 0 Å². The molecule has 0 unspecified atom stereocenters. The van der Waals surface area contributed by atoms with Gasteiger partial charge >= 0.3 is 0 Å². The summed E-state index contributed by atoms with van der Waals surface area (Å²) in [4.78, 5) is 12.7. The third-order valence-electron chi connectivity index (χ3n) is 2.20. The van der Waals surface area contributed by atoms with Gasteiger partial charge in [0.2, 0.25) is 5.78 Å². The number of hydrogen-bond acceptors (Lipinski definition) is 4. The largest absolute Gasteiger partial charge is 0.288 e. The van der Waals surface area contributed by atoms with Crippen molar-refractivity contribution in [2.45, 2.75) is 13.3 Å². The molecule has 0 N–H and O–H groups in total. The van der Waals surface area contributed by atoms with E-state index in [0.717, 1.165) is 17.2 Å². The third-order valence-corrected chi connectivity index (χ3v) is 3.22. The number of benzene rings is 1. The van der Waals surface area contributed by atoms with E-state index in [0.29, 0.717) is 21.9 Å². The van der Waals surface area contributed by atoms with Gasteiger partial charge in [-0.2, -0.15) is 0 Å². The molecule has 0 saturated heterocycles. The molecule has 1 aromatic carbocycles. The Balaban J connectivity index is 2.35. The summed E-state index contributed by atoms with van der Waals surface area (Å²) in [6, 6.07) is 6.83. The van der Waals surface area contributed by atoms with Gasteiger partial charge in [-0.05, 0) is 42.2 Å². The molecule has 5 heteroatoms. The first-order valence-electron chi connectivity index (χ1n) is 4.84. The molecule has 1 aromatic heterocycles. The molecule has 1 heterocycles. The molecule has 0 aliphatic carbocycles. The van der Waals surface area contributed by atoms with Gasteiger partial charge in [0.1, 0.15) is 4.88 Å². The minimum Gasteiger partial charge on any atom is -0.288 e. The number of nitrogens with zero attached hydrogens (tertiary/aromatic N) is 2. The van der Waals surface area contributed by atoms with Crippen molar-refractivity contribution in [2.75, 3.05) is 0 Å². The van der Waals surface area contributed by atoms with Gasteiger partial charge in [-0.1, -0.05) is 23.0 Å². The second-order valence-corrected chi connectivity index (χ2v) is 4.43. The maximum Gasteiger partial charge on any atom is 0.206 e. The number of hydrogen-bond donors (Lipinski definition) is 0. The van der Waals surface area contributed by atoms with Crippen molar-refractivity contribution in [2.24, 2.45) is 0 Å². The average Bonchev–Trinajstić information content (AvgIpc) is 2.77. The predicted octanol–water partition coefficient (Wildman–Crippen LogP) is 2.98. The van der Waals surface area contributed by atoms with Crippen LogP contribution in [0.1, 0.15) is 27.9 Å². The van der Waals surface area contributed by atoms with Gasteiger partial charge in [-0.25, -0.2) is 0 Å². The fourth-order valence-corrected chi connectivity index (χ4v) is 2.18. The molecular weight excluding hydrogens is 244 g/mol. The highest BCUT2D eigenvalue weighted by Crippen LogP contribution is 2.18. The molecule has 0 bridgehead atoms. The van der Waals surface area contributed by atoms with E-state index < -0.39 is 0 Å². The number of carbonyl (C=O) groups is 1. The Morgan fingerprint density at radius 2 is 2.06 bits per heavy atom. The number of halogens is 1. The van der Waals surface area contributed by atoms with E-state index >= 15 is 0 Å². The Labute approximate surface area is 102 Å². The summed E-state index contributed by atoms with van der Waals surface area (Å²) >= 11 is 6.90. The standard InChI is InChI=1S/C11H9ClN2OS/c1-2-9-11(16-14-13-9)10(15)7-3-5-8(12)6-4-7/h3-6H,2H2,1H3. The zero-order chi connectivity index (χ0) is 11.5. The number of aryl methyl sites for hydroxylation is 1. The van der Waals surface area contributed by atoms with Crippen molar-refractivity contribution < 1.29 is 4.79 Å². The topological polar surface area (TPSA) is 42.9 Å². The minimum atomic E-state index is -0.0384. The molecule has 0 amide bonds. The molecule has 16 heavy (non-hydrogen) atoms. The Hall–Kier alpha value is -1.26. The number of ketones is 1. The van der Waals surface area contributed by atoms with Crippen LogP contribution < -0.4 is 0 Å². The van der Waals surface area contributed by atoms with E-state index in [2.05, 4.69) is 9.59 Å². The van der Waals surface area contributed by atoms with E-state index in [1.807, 2.05) is 6.92 Å². The lowest BCUT2D eigenvalue weighted by Crippen LogP contribution is -2.01. The van der Waals surface area contributed by atoms with Crippen LogP contribution in [0.4, 0.5) is 0 Å².